The average molecular weight is 310 g/mol. The topological polar surface area (TPSA) is 26.3 Å². The van der Waals surface area contributed by atoms with Gasteiger partial charge in [0.25, 0.3) is 0 Å². The van der Waals surface area contributed by atoms with Crippen molar-refractivity contribution in [3.63, 3.8) is 0 Å². The van der Waals surface area contributed by atoms with E-state index in [-0.39, 0.29) is 5.92 Å². The summed E-state index contributed by atoms with van der Waals surface area (Å²) >= 11 is 0. The minimum Gasteiger partial charge on any atom is -0.494 e. The molecule has 1 unspecified atom stereocenters. The molecule has 0 aliphatic rings. The number of hydrogen-bond donors (Lipinski definition) is 0. The van der Waals surface area contributed by atoms with Crippen LogP contribution in [0.5, 0.6) is 5.75 Å². The number of rotatable bonds is 9. The molecule has 0 aliphatic carbocycles. The largest absolute Gasteiger partial charge is 0.494 e. The van der Waals surface area contributed by atoms with Gasteiger partial charge in [-0.05, 0) is 43.0 Å². The summed E-state index contributed by atoms with van der Waals surface area (Å²) in [4.78, 5) is 11.0. The molecular weight excluding hydrogens is 284 g/mol. The van der Waals surface area contributed by atoms with Gasteiger partial charge in [-0.3, -0.25) is 0 Å². The summed E-state index contributed by atoms with van der Waals surface area (Å²) in [5.41, 5.74) is 3.66. The first-order chi connectivity index (χ1) is 11.2. The minimum atomic E-state index is 0.127. The van der Waals surface area contributed by atoms with Gasteiger partial charge in [0, 0.05) is 5.92 Å². The van der Waals surface area contributed by atoms with Crippen LogP contribution in [0.3, 0.4) is 0 Å². The predicted molar refractivity (Wildman–Crippen MR) is 95.8 cm³/mol. The van der Waals surface area contributed by atoms with Crippen LogP contribution in [0.25, 0.3) is 11.1 Å². The Bertz CT molecular complexity index is 584. The lowest BCUT2D eigenvalue weighted by molar-refractivity contribution is -0.111. The highest BCUT2D eigenvalue weighted by Crippen LogP contribution is 2.23. The van der Waals surface area contributed by atoms with Gasteiger partial charge in [0.1, 0.15) is 12.0 Å². The van der Waals surface area contributed by atoms with E-state index < -0.39 is 0 Å². The fourth-order valence-electron chi connectivity index (χ4n) is 2.56. The van der Waals surface area contributed by atoms with E-state index in [1.54, 1.807) is 0 Å². The Morgan fingerprint density at radius 3 is 2.13 bits per heavy atom. The summed E-state index contributed by atoms with van der Waals surface area (Å²) in [5, 5.41) is 0. The second-order valence-corrected chi connectivity index (χ2v) is 6.07. The molecule has 0 fully saturated rings. The van der Waals surface area contributed by atoms with Crippen LogP contribution in [-0.2, 0) is 4.79 Å². The molecule has 1 atom stereocenters. The maximum atomic E-state index is 11.0. The van der Waals surface area contributed by atoms with Gasteiger partial charge in [-0.2, -0.15) is 0 Å². The van der Waals surface area contributed by atoms with Crippen molar-refractivity contribution in [2.75, 3.05) is 6.61 Å². The molecule has 23 heavy (non-hydrogen) atoms. The van der Waals surface area contributed by atoms with Crippen LogP contribution in [0.4, 0.5) is 0 Å². The summed E-state index contributed by atoms with van der Waals surface area (Å²) < 4.78 is 5.77. The maximum Gasteiger partial charge on any atom is 0.123 e. The number of carbonyl (C=O) groups excluding carboxylic acids is 1. The van der Waals surface area contributed by atoms with Crippen molar-refractivity contribution in [1.82, 2.24) is 0 Å². The first kappa shape index (κ1) is 17.3. The van der Waals surface area contributed by atoms with Crippen LogP contribution in [0.1, 0.15) is 38.2 Å². The molecule has 0 N–H and O–H groups in total. The summed E-state index contributed by atoms with van der Waals surface area (Å²) in [6.07, 6.45) is 5.07. The number of carbonyl (C=O) groups is 1. The Balaban J connectivity index is 1.85. The van der Waals surface area contributed by atoms with Gasteiger partial charge in [0.05, 0.1) is 6.61 Å². The lowest BCUT2D eigenvalue weighted by atomic mass is 10.0. The van der Waals surface area contributed by atoms with E-state index in [4.69, 9.17) is 4.74 Å². The van der Waals surface area contributed by atoms with Gasteiger partial charge >= 0.3 is 0 Å². The standard InChI is InChI=1S/C21H26O2/c1-3-4-5-18(16-22)14-15-23-21-12-10-20(11-13-21)19-8-6-17(2)7-9-19/h6-13,16,18H,3-5,14-15H2,1-2H3. The van der Waals surface area contributed by atoms with E-state index in [1.807, 2.05) is 12.1 Å². The van der Waals surface area contributed by atoms with Crippen LogP contribution in [0.2, 0.25) is 0 Å². The maximum absolute atomic E-state index is 11.0. The number of ether oxygens (including phenoxy) is 1. The molecule has 0 aromatic heterocycles. The molecule has 122 valence electrons. The SMILES string of the molecule is CCCCC(C=O)CCOc1ccc(-c2ccc(C)cc2)cc1. The first-order valence-electron chi connectivity index (χ1n) is 8.48. The fourth-order valence-corrected chi connectivity index (χ4v) is 2.56. The van der Waals surface area contributed by atoms with E-state index >= 15 is 0 Å². The number of aryl methyl sites for hydroxylation is 1. The molecule has 0 saturated heterocycles. The molecule has 0 heterocycles. The zero-order valence-electron chi connectivity index (χ0n) is 14.1. The zero-order valence-corrected chi connectivity index (χ0v) is 14.1. The number of benzene rings is 2. The zero-order chi connectivity index (χ0) is 16.5. The van der Waals surface area contributed by atoms with E-state index in [1.165, 1.54) is 16.7 Å². The van der Waals surface area contributed by atoms with Crippen LogP contribution in [0.15, 0.2) is 48.5 Å². The molecule has 2 aromatic rings. The highest BCUT2D eigenvalue weighted by molar-refractivity contribution is 5.64. The van der Waals surface area contributed by atoms with Gasteiger partial charge in [-0.15, -0.1) is 0 Å². The highest BCUT2D eigenvalue weighted by Gasteiger charge is 2.07. The van der Waals surface area contributed by atoms with Crippen LogP contribution >= 0.6 is 0 Å². The molecule has 2 nitrogen and oxygen atoms in total. The van der Waals surface area contributed by atoms with Gasteiger partial charge in [-0.25, -0.2) is 0 Å². The molecule has 2 heteroatoms. The van der Waals surface area contributed by atoms with Crippen molar-refractivity contribution in [1.29, 1.82) is 0 Å². The Hall–Kier alpha value is -2.09. The molecule has 0 saturated carbocycles. The van der Waals surface area contributed by atoms with Crippen LogP contribution in [0, 0.1) is 12.8 Å². The van der Waals surface area contributed by atoms with E-state index in [0.717, 1.165) is 37.7 Å². The Kier molecular flexibility index (Phi) is 6.86. The summed E-state index contributed by atoms with van der Waals surface area (Å²) in [5.74, 6) is 0.989. The number of unbranched alkanes of at least 4 members (excludes halogenated alkanes) is 1. The molecule has 0 spiro atoms. The van der Waals surface area contributed by atoms with Gasteiger partial charge in [0.2, 0.25) is 0 Å². The Morgan fingerprint density at radius 2 is 1.57 bits per heavy atom. The number of hydrogen-bond acceptors (Lipinski definition) is 2. The van der Waals surface area contributed by atoms with Crippen molar-refractivity contribution in [3.8, 4) is 16.9 Å². The van der Waals surface area contributed by atoms with Crippen LogP contribution < -0.4 is 4.74 Å². The first-order valence-corrected chi connectivity index (χ1v) is 8.48. The van der Waals surface area contributed by atoms with Gasteiger partial charge in [0.15, 0.2) is 0 Å². The lowest BCUT2D eigenvalue weighted by Crippen LogP contribution is -2.08. The van der Waals surface area contributed by atoms with Crippen molar-refractivity contribution in [3.05, 3.63) is 54.1 Å². The average Bonchev–Trinajstić information content (AvgIpc) is 2.59. The second kappa shape index (κ2) is 9.14. The van der Waals surface area contributed by atoms with E-state index in [9.17, 15) is 4.79 Å². The van der Waals surface area contributed by atoms with E-state index in [2.05, 4.69) is 50.2 Å². The molecule has 2 rings (SSSR count). The molecule has 0 aliphatic heterocycles. The molecular formula is C21H26O2. The van der Waals surface area contributed by atoms with Gasteiger partial charge in [-0.1, -0.05) is 61.7 Å². The molecule has 0 amide bonds. The fraction of sp³-hybridized carbons (Fsp3) is 0.381. The summed E-state index contributed by atoms with van der Waals surface area (Å²) in [6, 6.07) is 16.7. The third-order valence-corrected chi connectivity index (χ3v) is 4.12. The summed E-state index contributed by atoms with van der Waals surface area (Å²) in [6.45, 7) is 4.83. The normalized spacial score (nSPS) is 11.9. The smallest absolute Gasteiger partial charge is 0.123 e. The number of aldehydes is 1. The van der Waals surface area contributed by atoms with Crippen molar-refractivity contribution in [2.24, 2.45) is 5.92 Å². The minimum absolute atomic E-state index is 0.127. The third kappa shape index (κ3) is 5.55. The highest BCUT2D eigenvalue weighted by atomic mass is 16.5. The quantitative estimate of drug-likeness (QED) is 0.577. The Labute approximate surface area is 139 Å². The molecule has 2 aromatic carbocycles. The van der Waals surface area contributed by atoms with Crippen molar-refractivity contribution in [2.45, 2.75) is 39.5 Å². The monoisotopic (exact) mass is 310 g/mol. The molecule has 0 bridgehead atoms. The van der Waals surface area contributed by atoms with Gasteiger partial charge < -0.3 is 9.53 Å². The summed E-state index contributed by atoms with van der Waals surface area (Å²) in [7, 11) is 0. The van der Waals surface area contributed by atoms with Crippen LogP contribution in [-0.4, -0.2) is 12.9 Å². The Morgan fingerprint density at radius 1 is 0.957 bits per heavy atom. The lowest BCUT2D eigenvalue weighted by Gasteiger charge is -2.11. The van der Waals surface area contributed by atoms with Crippen molar-refractivity contribution >= 4 is 6.29 Å². The van der Waals surface area contributed by atoms with E-state index in [0.29, 0.717) is 6.61 Å². The second-order valence-electron chi connectivity index (χ2n) is 6.07. The predicted octanol–water partition coefficient (Wildman–Crippen LogP) is 5.44. The third-order valence-electron chi connectivity index (χ3n) is 4.12. The molecule has 0 radical (unpaired) electrons. The van der Waals surface area contributed by atoms with Crippen molar-refractivity contribution < 1.29 is 9.53 Å².